The van der Waals surface area contributed by atoms with Crippen molar-refractivity contribution in [3.05, 3.63) is 88.2 Å². The minimum atomic E-state index is -3.06. The standard InChI is InChI=1S/C27H29NO6S/c1-18-7-6-8-21(13-18)15-33-26-10-5-4-9-23(26)27(30)34-16-25(29)24-14-19(2)28(20(24)3)22-11-12-35(31,32)17-22/h4-10,13-14,22H,11-12,15-17H2,1-3H3/t22-/m1/s1. The molecule has 1 saturated heterocycles. The van der Waals surface area contributed by atoms with Crippen LogP contribution in [0.15, 0.2) is 54.6 Å². The Morgan fingerprint density at radius 3 is 2.49 bits per heavy atom. The van der Waals surface area contributed by atoms with Gasteiger partial charge in [0.25, 0.3) is 0 Å². The van der Waals surface area contributed by atoms with Crippen LogP contribution in [0.5, 0.6) is 5.75 Å². The number of ketones is 1. The fourth-order valence-corrected chi connectivity index (χ4v) is 6.31. The van der Waals surface area contributed by atoms with Crippen molar-refractivity contribution in [3.8, 4) is 5.75 Å². The summed E-state index contributed by atoms with van der Waals surface area (Å²) in [6, 6.07) is 16.2. The third kappa shape index (κ3) is 5.65. The van der Waals surface area contributed by atoms with E-state index in [0.717, 1.165) is 16.8 Å². The molecule has 7 nitrogen and oxygen atoms in total. The molecule has 0 N–H and O–H groups in total. The number of Topliss-reactive ketones (excluding diaryl/α,β-unsaturated/α-hetero) is 1. The Bertz CT molecular complexity index is 1370. The molecule has 3 aromatic rings. The van der Waals surface area contributed by atoms with Gasteiger partial charge in [0.1, 0.15) is 17.9 Å². The van der Waals surface area contributed by atoms with Crippen LogP contribution in [0.3, 0.4) is 0 Å². The second kappa shape index (κ2) is 10.1. The van der Waals surface area contributed by atoms with Crippen LogP contribution in [0, 0.1) is 20.8 Å². The average molecular weight is 496 g/mol. The molecular weight excluding hydrogens is 466 g/mol. The maximum Gasteiger partial charge on any atom is 0.342 e. The summed E-state index contributed by atoms with van der Waals surface area (Å²) in [5, 5.41) is 0. The lowest BCUT2D eigenvalue weighted by Crippen LogP contribution is -2.17. The Labute approximate surface area is 205 Å². The summed E-state index contributed by atoms with van der Waals surface area (Å²) in [4.78, 5) is 25.7. The van der Waals surface area contributed by atoms with E-state index < -0.39 is 22.4 Å². The van der Waals surface area contributed by atoms with Gasteiger partial charge in [0.05, 0.1) is 11.5 Å². The van der Waals surface area contributed by atoms with Crippen molar-refractivity contribution in [2.24, 2.45) is 0 Å². The van der Waals surface area contributed by atoms with Crippen LogP contribution >= 0.6 is 0 Å². The van der Waals surface area contributed by atoms with Crippen LogP contribution in [0.1, 0.15) is 55.7 Å². The Morgan fingerprint density at radius 2 is 1.77 bits per heavy atom. The molecule has 0 saturated carbocycles. The molecule has 0 aliphatic carbocycles. The van der Waals surface area contributed by atoms with Crippen molar-refractivity contribution in [1.82, 2.24) is 4.57 Å². The van der Waals surface area contributed by atoms with E-state index in [4.69, 9.17) is 9.47 Å². The van der Waals surface area contributed by atoms with Crippen molar-refractivity contribution >= 4 is 21.6 Å². The molecule has 0 bridgehead atoms. The van der Waals surface area contributed by atoms with E-state index in [0.29, 0.717) is 30.0 Å². The van der Waals surface area contributed by atoms with Crippen LogP contribution in [0.25, 0.3) is 0 Å². The summed E-state index contributed by atoms with van der Waals surface area (Å²) in [6.45, 7) is 5.52. The first-order chi connectivity index (χ1) is 16.6. The van der Waals surface area contributed by atoms with Crippen molar-refractivity contribution in [3.63, 3.8) is 0 Å². The second-order valence-electron chi connectivity index (χ2n) is 8.98. The van der Waals surface area contributed by atoms with Gasteiger partial charge in [0, 0.05) is 23.0 Å². The molecule has 1 aromatic heterocycles. The summed E-state index contributed by atoms with van der Waals surface area (Å²) >= 11 is 0. The minimum Gasteiger partial charge on any atom is -0.488 e. The molecule has 0 amide bonds. The van der Waals surface area contributed by atoms with E-state index in [9.17, 15) is 18.0 Å². The number of esters is 1. The van der Waals surface area contributed by atoms with Crippen LogP contribution in [0.4, 0.5) is 0 Å². The number of hydrogen-bond acceptors (Lipinski definition) is 6. The van der Waals surface area contributed by atoms with Gasteiger partial charge in [-0.2, -0.15) is 0 Å². The lowest BCUT2D eigenvalue weighted by atomic mass is 10.1. The molecule has 35 heavy (non-hydrogen) atoms. The molecule has 8 heteroatoms. The summed E-state index contributed by atoms with van der Waals surface area (Å²) in [5.41, 5.74) is 4.28. The van der Waals surface area contributed by atoms with E-state index >= 15 is 0 Å². The topological polar surface area (TPSA) is 91.7 Å². The molecule has 0 spiro atoms. The van der Waals surface area contributed by atoms with E-state index in [2.05, 4.69) is 0 Å². The monoisotopic (exact) mass is 495 g/mol. The molecule has 2 heterocycles. The molecule has 1 fully saturated rings. The predicted octanol–water partition coefficient (Wildman–Crippen LogP) is 4.39. The van der Waals surface area contributed by atoms with Crippen LogP contribution in [-0.2, 0) is 21.2 Å². The van der Waals surface area contributed by atoms with Gasteiger partial charge in [-0.15, -0.1) is 0 Å². The SMILES string of the molecule is Cc1cccc(COc2ccccc2C(=O)OCC(=O)c2cc(C)n([C@@H]3CCS(=O)(=O)C3)c2C)c1. The number of carbonyl (C=O) groups is 2. The first kappa shape index (κ1) is 24.7. The number of hydrogen-bond donors (Lipinski definition) is 0. The maximum atomic E-state index is 12.9. The Hall–Kier alpha value is -3.39. The molecule has 0 unspecified atom stereocenters. The fourth-order valence-electron chi connectivity index (χ4n) is 4.61. The van der Waals surface area contributed by atoms with Crippen molar-refractivity contribution < 1.29 is 27.5 Å². The molecule has 1 atom stereocenters. The third-order valence-electron chi connectivity index (χ3n) is 6.28. The van der Waals surface area contributed by atoms with Gasteiger partial charge in [0.2, 0.25) is 5.78 Å². The van der Waals surface area contributed by atoms with Gasteiger partial charge >= 0.3 is 5.97 Å². The van der Waals surface area contributed by atoms with Gasteiger partial charge in [-0.05, 0) is 51.0 Å². The number of carbonyl (C=O) groups excluding carboxylic acids is 2. The highest BCUT2D eigenvalue weighted by atomic mass is 32.2. The number of sulfone groups is 1. The molecule has 0 radical (unpaired) electrons. The number of ether oxygens (including phenoxy) is 2. The number of nitrogens with zero attached hydrogens (tertiary/aromatic N) is 1. The van der Waals surface area contributed by atoms with E-state index in [1.807, 2.05) is 42.7 Å². The normalized spacial score (nSPS) is 16.7. The molecule has 184 valence electrons. The second-order valence-corrected chi connectivity index (χ2v) is 11.2. The van der Waals surface area contributed by atoms with E-state index in [-0.39, 0.29) is 28.9 Å². The lowest BCUT2D eigenvalue weighted by molar-refractivity contribution is 0.0470. The van der Waals surface area contributed by atoms with Gasteiger partial charge in [-0.25, -0.2) is 13.2 Å². The van der Waals surface area contributed by atoms with Crippen molar-refractivity contribution in [2.75, 3.05) is 18.1 Å². The van der Waals surface area contributed by atoms with Crippen LogP contribution in [-0.4, -0.2) is 42.9 Å². The van der Waals surface area contributed by atoms with Gasteiger partial charge in [-0.1, -0.05) is 42.0 Å². The highest BCUT2D eigenvalue weighted by molar-refractivity contribution is 7.91. The average Bonchev–Trinajstić information content (AvgIpc) is 3.33. The number of para-hydroxylation sites is 1. The summed E-state index contributed by atoms with van der Waals surface area (Å²) in [7, 11) is -3.06. The van der Waals surface area contributed by atoms with Gasteiger partial charge in [0.15, 0.2) is 16.4 Å². The molecule has 2 aromatic carbocycles. The summed E-state index contributed by atoms with van der Waals surface area (Å²) in [6.07, 6.45) is 0.528. The van der Waals surface area contributed by atoms with Crippen LogP contribution in [0.2, 0.25) is 0 Å². The first-order valence-electron chi connectivity index (χ1n) is 11.5. The third-order valence-corrected chi connectivity index (χ3v) is 8.03. The largest absolute Gasteiger partial charge is 0.488 e. The van der Waals surface area contributed by atoms with Crippen LogP contribution < -0.4 is 4.74 Å². The quantitative estimate of drug-likeness (QED) is 0.340. The lowest BCUT2D eigenvalue weighted by Gasteiger charge is -2.16. The Balaban J connectivity index is 1.42. The highest BCUT2D eigenvalue weighted by Crippen LogP contribution is 2.29. The van der Waals surface area contributed by atoms with Gasteiger partial charge < -0.3 is 14.0 Å². The summed E-state index contributed by atoms with van der Waals surface area (Å²) < 4.78 is 36.9. The van der Waals surface area contributed by atoms with E-state index in [1.165, 1.54) is 0 Å². The number of rotatable bonds is 8. The zero-order valence-corrected chi connectivity index (χ0v) is 20.9. The van der Waals surface area contributed by atoms with Crippen molar-refractivity contribution in [2.45, 2.75) is 39.8 Å². The first-order valence-corrected chi connectivity index (χ1v) is 13.3. The van der Waals surface area contributed by atoms with E-state index in [1.54, 1.807) is 37.3 Å². The molecular formula is C27H29NO6S. The number of aromatic nitrogens is 1. The number of aryl methyl sites for hydroxylation is 2. The zero-order chi connectivity index (χ0) is 25.2. The molecule has 4 rings (SSSR count). The molecule has 1 aliphatic heterocycles. The predicted molar refractivity (Wildman–Crippen MR) is 133 cm³/mol. The Morgan fingerprint density at radius 1 is 1.00 bits per heavy atom. The summed E-state index contributed by atoms with van der Waals surface area (Å²) in [5.74, 6) is -0.371. The molecule has 1 aliphatic rings. The number of benzene rings is 2. The van der Waals surface area contributed by atoms with Crippen molar-refractivity contribution in [1.29, 1.82) is 0 Å². The fraction of sp³-hybridized carbons (Fsp3) is 0.333. The highest BCUT2D eigenvalue weighted by Gasteiger charge is 2.31. The Kier molecular flexibility index (Phi) is 7.12. The maximum absolute atomic E-state index is 12.9. The minimum absolute atomic E-state index is 0.0747. The smallest absolute Gasteiger partial charge is 0.342 e. The zero-order valence-electron chi connectivity index (χ0n) is 20.1. The van der Waals surface area contributed by atoms with Gasteiger partial charge in [-0.3, -0.25) is 4.79 Å².